The first kappa shape index (κ1) is 16.8. The second-order valence-electron chi connectivity index (χ2n) is 4.51. The zero-order valence-electron chi connectivity index (χ0n) is 12.9. The molecule has 0 bridgehead atoms. The quantitative estimate of drug-likeness (QED) is 0.638. The molecule has 1 unspecified atom stereocenters. The van der Waals surface area contributed by atoms with Crippen LogP contribution in [0.15, 0.2) is 18.2 Å². The fourth-order valence-corrected chi connectivity index (χ4v) is 1.91. The van der Waals surface area contributed by atoms with Crippen molar-refractivity contribution in [2.45, 2.75) is 26.9 Å². The van der Waals surface area contributed by atoms with E-state index in [0.717, 1.165) is 0 Å². The number of carbonyl (C=O) groups excluding carboxylic acids is 2. The molecule has 116 valence electrons. The number of nitrogens with zero attached hydrogens (tertiary/aromatic N) is 1. The number of hydrogen-bond acceptors (Lipinski definition) is 5. The third-order valence-electron chi connectivity index (χ3n) is 3.19. The first-order valence-corrected chi connectivity index (χ1v) is 6.87. The van der Waals surface area contributed by atoms with Gasteiger partial charge in [-0.15, -0.1) is 0 Å². The number of benzene rings is 1. The standard InChI is InChI=1S/C15H22N2O4/c1-5-17(6-2)14(18)10(3)21-15(19)12-9-11(20-4)7-8-13(12)16/h7-10H,5-6,16H2,1-4H3. The van der Waals surface area contributed by atoms with Gasteiger partial charge in [-0.25, -0.2) is 4.79 Å². The van der Waals surface area contributed by atoms with Gasteiger partial charge in [-0.05, 0) is 39.0 Å². The molecule has 0 fully saturated rings. The number of methoxy groups -OCH3 is 1. The van der Waals surface area contributed by atoms with Crippen molar-refractivity contribution in [1.29, 1.82) is 0 Å². The summed E-state index contributed by atoms with van der Waals surface area (Å²) in [5, 5.41) is 0. The van der Waals surface area contributed by atoms with Gasteiger partial charge in [0.05, 0.1) is 12.7 Å². The maximum Gasteiger partial charge on any atom is 0.341 e. The third kappa shape index (κ3) is 4.11. The lowest BCUT2D eigenvalue weighted by molar-refractivity contribution is -0.139. The normalized spacial score (nSPS) is 11.6. The number of esters is 1. The maximum absolute atomic E-state index is 12.1. The summed E-state index contributed by atoms with van der Waals surface area (Å²) in [7, 11) is 1.49. The zero-order valence-corrected chi connectivity index (χ0v) is 12.9. The van der Waals surface area contributed by atoms with E-state index in [-0.39, 0.29) is 17.2 Å². The molecule has 2 N–H and O–H groups in total. The topological polar surface area (TPSA) is 81.9 Å². The van der Waals surface area contributed by atoms with Gasteiger partial charge in [-0.2, -0.15) is 0 Å². The monoisotopic (exact) mass is 294 g/mol. The Labute approximate surface area is 124 Å². The molecule has 0 saturated carbocycles. The summed E-state index contributed by atoms with van der Waals surface area (Å²) in [6.45, 7) is 6.43. The van der Waals surface area contributed by atoms with Crippen molar-refractivity contribution in [1.82, 2.24) is 4.90 Å². The van der Waals surface area contributed by atoms with Crippen LogP contribution in [0, 0.1) is 0 Å². The van der Waals surface area contributed by atoms with E-state index >= 15 is 0 Å². The van der Waals surface area contributed by atoms with Crippen LogP contribution in [0.4, 0.5) is 5.69 Å². The summed E-state index contributed by atoms with van der Waals surface area (Å²) < 4.78 is 10.2. The average molecular weight is 294 g/mol. The predicted octanol–water partition coefficient (Wildman–Crippen LogP) is 1.69. The molecule has 21 heavy (non-hydrogen) atoms. The van der Waals surface area contributed by atoms with Gasteiger partial charge in [0.1, 0.15) is 5.75 Å². The van der Waals surface area contributed by atoms with Gasteiger partial charge in [-0.1, -0.05) is 0 Å². The molecule has 1 atom stereocenters. The summed E-state index contributed by atoms with van der Waals surface area (Å²) in [6.07, 6.45) is -0.858. The molecule has 1 aromatic carbocycles. The molecule has 0 spiro atoms. The fourth-order valence-electron chi connectivity index (χ4n) is 1.91. The van der Waals surface area contributed by atoms with Crippen LogP contribution >= 0.6 is 0 Å². The van der Waals surface area contributed by atoms with Crippen molar-refractivity contribution in [3.8, 4) is 5.75 Å². The van der Waals surface area contributed by atoms with Crippen LogP contribution in [0.5, 0.6) is 5.75 Å². The van der Waals surface area contributed by atoms with E-state index in [2.05, 4.69) is 0 Å². The molecule has 1 amide bonds. The van der Waals surface area contributed by atoms with E-state index in [4.69, 9.17) is 15.2 Å². The Kier molecular flexibility index (Phi) is 6.02. The lowest BCUT2D eigenvalue weighted by Crippen LogP contribution is -2.39. The molecule has 0 heterocycles. The number of carbonyl (C=O) groups is 2. The minimum atomic E-state index is -0.858. The summed E-state index contributed by atoms with van der Waals surface area (Å²) >= 11 is 0. The number of nitrogen functional groups attached to an aromatic ring is 1. The minimum Gasteiger partial charge on any atom is -0.497 e. The van der Waals surface area contributed by atoms with Crippen molar-refractivity contribution in [3.63, 3.8) is 0 Å². The number of anilines is 1. The Bertz CT molecular complexity index is 512. The van der Waals surface area contributed by atoms with Crippen LogP contribution in [0.1, 0.15) is 31.1 Å². The smallest absolute Gasteiger partial charge is 0.341 e. The van der Waals surface area contributed by atoms with Crippen LogP contribution in [0.2, 0.25) is 0 Å². The molecule has 0 aliphatic carbocycles. The number of ether oxygens (including phenoxy) is 2. The van der Waals surface area contributed by atoms with Crippen LogP contribution in [0.3, 0.4) is 0 Å². The van der Waals surface area contributed by atoms with Gasteiger partial charge < -0.3 is 20.1 Å². The van der Waals surface area contributed by atoms with Crippen LogP contribution < -0.4 is 10.5 Å². The maximum atomic E-state index is 12.1. The van der Waals surface area contributed by atoms with Crippen molar-refractivity contribution in [3.05, 3.63) is 23.8 Å². The molecule has 0 aliphatic rings. The minimum absolute atomic E-state index is 0.188. The van der Waals surface area contributed by atoms with E-state index in [0.29, 0.717) is 18.8 Å². The van der Waals surface area contributed by atoms with Gasteiger partial charge >= 0.3 is 5.97 Å². The molecule has 1 rings (SSSR count). The summed E-state index contributed by atoms with van der Waals surface area (Å²) in [6, 6.07) is 4.70. The Balaban J connectivity index is 2.83. The molecule has 6 nitrogen and oxygen atoms in total. The molecule has 1 aromatic rings. The van der Waals surface area contributed by atoms with Crippen LogP contribution in [-0.2, 0) is 9.53 Å². The summed E-state index contributed by atoms with van der Waals surface area (Å²) in [5.41, 5.74) is 6.23. The zero-order chi connectivity index (χ0) is 16.0. The Morgan fingerprint density at radius 3 is 2.43 bits per heavy atom. The van der Waals surface area contributed by atoms with Gasteiger partial charge in [0, 0.05) is 18.8 Å². The number of likely N-dealkylation sites (N-methyl/N-ethyl adjacent to an activating group) is 1. The molecule has 6 heteroatoms. The lowest BCUT2D eigenvalue weighted by Gasteiger charge is -2.22. The second kappa shape index (κ2) is 7.52. The van der Waals surface area contributed by atoms with Gasteiger partial charge in [0.15, 0.2) is 6.10 Å². The van der Waals surface area contributed by atoms with Gasteiger partial charge in [-0.3, -0.25) is 4.79 Å². The second-order valence-corrected chi connectivity index (χ2v) is 4.51. The third-order valence-corrected chi connectivity index (χ3v) is 3.19. The molecular formula is C15H22N2O4. The van der Waals surface area contributed by atoms with E-state index in [1.807, 2.05) is 13.8 Å². The molecular weight excluding hydrogens is 272 g/mol. The number of rotatable bonds is 6. The van der Waals surface area contributed by atoms with Crippen LogP contribution in [-0.4, -0.2) is 43.1 Å². The van der Waals surface area contributed by atoms with E-state index in [1.165, 1.54) is 13.2 Å². The SMILES string of the molecule is CCN(CC)C(=O)C(C)OC(=O)c1cc(OC)ccc1N. The lowest BCUT2D eigenvalue weighted by atomic mass is 10.1. The van der Waals surface area contributed by atoms with E-state index in [9.17, 15) is 9.59 Å². The summed E-state index contributed by atoms with van der Waals surface area (Å²) in [4.78, 5) is 25.8. The Morgan fingerprint density at radius 2 is 1.90 bits per heavy atom. The molecule has 0 aromatic heterocycles. The van der Waals surface area contributed by atoms with E-state index < -0.39 is 12.1 Å². The first-order valence-electron chi connectivity index (χ1n) is 6.87. The van der Waals surface area contributed by atoms with Crippen molar-refractivity contribution >= 4 is 17.6 Å². The number of amides is 1. The highest BCUT2D eigenvalue weighted by Gasteiger charge is 2.23. The van der Waals surface area contributed by atoms with Crippen molar-refractivity contribution in [2.75, 3.05) is 25.9 Å². The molecule has 0 radical (unpaired) electrons. The number of nitrogens with two attached hydrogens (primary N) is 1. The van der Waals surface area contributed by atoms with Gasteiger partial charge in [0.25, 0.3) is 5.91 Å². The Hall–Kier alpha value is -2.24. The number of hydrogen-bond donors (Lipinski definition) is 1. The Morgan fingerprint density at radius 1 is 1.29 bits per heavy atom. The van der Waals surface area contributed by atoms with Crippen LogP contribution in [0.25, 0.3) is 0 Å². The van der Waals surface area contributed by atoms with Crippen molar-refractivity contribution < 1.29 is 19.1 Å². The molecule has 0 saturated heterocycles. The predicted molar refractivity (Wildman–Crippen MR) is 80.2 cm³/mol. The highest BCUT2D eigenvalue weighted by Crippen LogP contribution is 2.21. The molecule has 0 aliphatic heterocycles. The largest absolute Gasteiger partial charge is 0.497 e. The van der Waals surface area contributed by atoms with E-state index in [1.54, 1.807) is 24.0 Å². The average Bonchev–Trinajstić information content (AvgIpc) is 2.48. The fraction of sp³-hybridized carbons (Fsp3) is 0.467. The van der Waals surface area contributed by atoms with Gasteiger partial charge in [0.2, 0.25) is 0 Å². The van der Waals surface area contributed by atoms with Crippen molar-refractivity contribution in [2.24, 2.45) is 0 Å². The highest BCUT2D eigenvalue weighted by molar-refractivity contribution is 5.97. The first-order chi connectivity index (χ1) is 9.94. The highest BCUT2D eigenvalue weighted by atomic mass is 16.5. The summed E-state index contributed by atoms with van der Waals surface area (Å²) in [5.74, 6) is -0.368.